The lowest BCUT2D eigenvalue weighted by Gasteiger charge is -2.38. The van der Waals surface area contributed by atoms with Crippen LogP contribution in [0.25, 0.3) is 0 Å². The van der Waals surface area contributed by atoms with E-state index in [2.05, 4.69) is 50.9 Å². The average Bonchev–Trinajstić information content (AvgIpc) is 3.01. The van der Waals surface area contributed by atoms with Crippen molar-refractivity contribution >= 4 is 25.2 Å². The molecule has 0 aromatic heterocycles. The van der Waals surface area contributed by atoms with Crippen molar-refractivity contribution in [2.24, 2.45) is 17.8 Å². The van der Waals surface area contributed by atoms with Crippen molar-refractivity contribution in [3.8, 4) is 0 Å². The van der Waals surface area contributed by atoms with Gasteiger partial charge in [0.15, 0.2) is 0 Å². The number of carbonyl (C=O) groups is 2. The summed E-state index contributed by atoms with van der Waals surface area (Å²) in [6, 6.07) is 11.6. The van der Waals surface area contributed by atoms with Crippen LogP contribution in [0.3, 0.4) is 0 Å². The molecule has 2 fully saturated rings. The maximum atomic E-state index is 11.9. The number of unbranched alkanes of at least 4 members (excludes halogenated alkanes) is 2. The van der Waals surface area contributed by atoms with Crippen LogP contribution in [0.1, 0.15) is 122 Å². The minimum absolute atomic E-state index is 0.316. The summed E-state index contributed by atoms with van der Waals surface area (Å²) in [5, 5.41) is 1.44. The zero-order chi connectivity index (χ0) is 31.2. The van der Waals surface area contributed by atoms with Gasteiger partial charge in [-0.1, -0.05) is 107 Å². The molecule has 0 bridgehead atoms. The van der Waals surface area contributed by atoms with Crippen molar-refractivity contribution in [3.05, 3.63) is 54.1 Å². The predicted molar refractivity (Wildman–Crippen MR) is 182 cm³/mol. The maximum absolute atomic E-state index is 11.9. The van der Waals surface area contributed by atoms with Crippen molar-refractivity contribution < 1.29 is 19.1 Å². The zero-order valence-corrected chi connectivity index (χ0v) is 28.9. The van der Waals surface area contributed by atoms with Gasteiger partial charge in [0.2, 0.25) is 0 Å². The third-order valence-electron chi connectivity index (χ3n) is 10.5. The third-order valence-corrected chi connectivity index (χ3v) is 15.2. The third kappa shape index (κ3) is 11.4. The van der Waals surface area contributed by atoms with Crippen LogP contribution < -0.4 is 5.19 Å². The maximum Gasteiger partial charge on any atom is 0.333 e. The van der Waals surface area contributed by atoms with E-state index in [1.54, 1.807) is 13.8 Å². The standard InChI is InChI=1S/C38H60O4Si/c1-7-8-9-12-31-13-15-32(16-14-31)33-17-19-34(20-18-33)35-21-23-36(24-22-35)43(6,27-10-25-41-37(39)29(2)3)28-11-26-42-38(40)30(4)5/h21-24,31-34H,2,4,7-20,25-28H2,1,3,5-6H3. The Morgan fingerprint density at radius 2 is 1.23 bits per heavy atom. The lowest BCUT2D eigenvalue weighted by atomic mass is 9.68. The van der Waals surface area contributed by atoms with Gasteiger partial charge in [-0.2, -0.15) is 0 Å². The fourth-order valence-corrected chi connectivity index (χ4v) is 11.3. The molecule has 0 unspecified atom stereocenters. The summed E-state index contributed by atoms with van der Waals surface area (Å²) >= 11 is 0. The first kappa shape index (κ1) is 35.3. The molecule has 0 spiro atoms. The van der Waals surface area contributed by atoms with E-state index in [4.69, 9.17) is 9.47 Å². The van der Waals surface area contributed by atoms with Crippen molar-refractivity contribution in [1.29, 1.82) is 0 Å². The van der Waals surface area contributed by atoms with E-state index in [1.807, 2.05) is 0 Å². The molecular formula is C38H60O4Si. The number of hydrogen-bond acceptors (Lipinski definition) is 4. The molecule has 2 saturated carbocycles. The van der Waals surface area contributed by atoms with Crippen molar-refractivity contribution in [2.45, 2.75) is 135 Å². The second-order valence-corrected chi connectivity index (χ2v) is 18.8. The summed E-state index contributed by atoms with van der Waals surface area (Å²) < 4.78 is 10.8. The zero-order valence-electron chi connectivity index (χ0n) is 27.9. The van der Waals surface area contributed by atoms with Crippen LogP contribution in [0, 0.1) is 17.8 Å². The van der Waals surface area contributed by atoms with Crippen LogP contribution in [0.15, 0.2) is 48.6 Å². The summed E-state index contributed by atoms with van der Waals surface area (Å²) in [6.45, 7) is 16.3. The van der Waals surface area contributed by atoms with Crippen LogP contribution >= 0.6 is 0 Å². The van der Waals surface area contributed by atoms with Crippen LogP contribution in [0.2, 0.25) is 18.6 Å². The Morgan fingerprint density at radius 3 is 1.70 bits per heavy atom. The molecule has 3 rings (SSSR count). The quantitative estimate of drug-likeness (QED) is 0.0765. The Morgan fingerprint density at radius 1 is 0.744 bits per heavy atom. The summed E-state index contributed by atoms with van der Waals surface area (Å²) in [7, 11) is -1.87. The molecule has 2 aliphatic rings. The summed E-state index contributed by atoms with van der Waals surface area (Å²) in [5.74, 6) is 2.98. The second kappa shape index (κ2) is 18.0. The predicted octanol–water partition coefficient (Wildman–Crippen LogP) is 9.65. The van der Waals surface area contributed by atoms with Crippen LogP contribution in [0.4, 0.5) is 0 Å². The normalized spacial score (nSPS) is 22.5. The molecule has 0 saturated heterocycles. The lowest BCUT2D eigenvalue weighted by Crippen LogP contribution is -2.45. The fourth-order valence-electron chi connectivity index (χ4n) is 7.63. The highest BCUT2D eigenvalue weighted by atomic mass is 28.3. The van der Waals surface area contributed by atoms with E-state index in [0.29, 0.717) is 30.3 Å². The molecule has 0 amide bonds. The number of rotatable bonds is 17. The molecule has 2 aliphatic carbocycles. The van der Waals surface area contributed by atoms with Crippen molar-refractivity contribution in [3.63, 3.8) is 0 Å². The molecule has 4 nitrogen and oxygen atoms in total. The number of ether oxygens (including phenoxy) is 2. The molecule has 0 heterocycles. The molecular weight excluding hydrogens is 549 g/mol. The Labute approximate surface area is 264 Å². The minimum atomic E-state index is -1.87. The first-order valence-corrected chi connectivity index (χ1v) is 20.3. The van der Waals surface area contributed by atoms with Gasteiger partial charge in [0.1, 0.15) is 0 Å². The Balaban J connectivity index is 1.53. The smallest absolute Gasteiger partial charge is 0.333 e. The molecule has 43 heavy (non-hydrogen) atoms. The van der Waals surface area contributed by atoms with E-state index in [9.17, 15) is 9.59 Å². The van der Waals surface area contributed by atoms with E-state index < -0.39 is 8.07 Å². The minimum Gasteiger partial charge on any atom is -0.462 e. The van der Waals surface area contributed by atoms with Gasteiger partial charge in [0.05, 0.1) is 21.3 Å². The van der Waals surface area contributed by atoms with E-state index >= 15 is 0 Å². The first-order valence-electron chi connectivity index (χ1n) is 17.4. The second-order valence-electron chi connectivity index (χ2n) is 14.1. The van der Waals surface area contributed by atoms with Crippen molar-refractivity contribution in [2.75, 3.05) is 13.2 Å². The monoisotopic (exact) mass is 608 g/mol. The Hall–Kier alpha value is -2.14. The Kier molecular flexibility index (Phi) is 14.8. The average molecular weight is 609 g/mol. The number of hydrogen-bond donors (Lipinski definition) is 0. The van der Waals surface area contributed by atoms with Crippen LogP contribution in [0.5, 0.6) is 0 Å². The topological polar surface area (TPSA) is 52.6 Å². The highest BCUT2D eigenvalue weighted by Crippen LogP contribution is 2.44. The first-order chi connectivity index (χ1) is 20.6. The molecule has 0 aliphatic heterocycles. The number of benzene rings is 1. The van der Waals surface area contributed by atoms with Crippen LogP contribution in [-0.4, -0.2) is 33.2 Å². The largest absolute Gasteiger partial charge is 0.462 e. The highest BCUT2D eigenvalue weighted by Gasteiger charge is 2.32. The van der Waals surface area contributed by atoms with E-state index in [1.165, 1.54) is 87.8 Å². The molecule has 1 aromatic carbocycles. The van der Waals surface area contributed by atoms with Gasteiger partial charge in [-0.25, -0.2) is 9.59 Å². The molecule has 0 atom stereocenters. The van der Waals surface area contributed by atoms with Gasteiger partial charge in [-0.05, 0) is 94.4 Å². The SMILES string of the molecule is C=C(C)C(=O)OCCC[Si](C)(CCCOC(=O)C(=C)C)c1ccc(C2CCC(C3CCC(CCCCC)CC3)CC2)cc1. The van der Waals surface area contributed by atoms with Gasteiger partial charge in [-0.15, -0.1) is 0 Å². The van der Waals surface area contributed by atoms with Gasteiger partial charge >= 0.3 is 11.9 Å². The number of esters is 2. The fraction of sp³-hybridized carbons (Fsp3) is 0.684. The van der Waals surface area contributed by atoms with Crippen molar-refractivity contribution in [1.82, 2.24) is 0 Å². The molecule has 5 heteroatoms. The van der Waals surface area contributed by atoms with E-state index in [0.717, 1.165) is 42.7 Å². The molecule has 240 valence electrons. The van der Waals surface area contributed by atoms with Crippen LogP contribution in [-0.2, 0) is 19.1 Å². The van der Waals surface area contributed by atoms with Gasteiger partial charge < -0.3 is 9.47 Å². The highest BCUT2D eigenvalue weighted by molar-refractivity contribution is 6.90. The molecule has 0 N–H and O–H groups in total. The molecule has 1 aromatic rings. The summed E-state index contributed by atoms with van der Waals surface area (Å²) in [5.41, 5.74) is 2.38. The Bertz CT molecular complexity index is 995. The summed E-state index contributed by atoms with van der Waals surface area (Å²) in [4.78, 5) is 23.7. The lowest BCUT2D eigenvalue weighted by molar-refractivity contribution is -0.139. The van der Waals surface area contributed by atoms with E-state index in [-0.39, 0.29) is 11.9 Å². The van der Waals surface area contributed by atoms with Gasteiger partial charge in [-0.3, -0.25) is 0 Å². The summed E-state index contributed by atoms with van der Waals surface area (Å²) in [6.07, 6.45) is 18.7. The number of carbonyl (C=O) groups excluding carboxylic acids is 2. The molecule has 0 radical (unpaired) electrons. The van der Waals surface area contributed by atoms with Gasteiger partial charge in [0, 0.05) is 11.1 Å². The van der Waals surface area contributed by atoms with Gasteiger partial charge in [0.25, 0.3) is 0 Å².